The van der Waals surface area contributed by atoms with Gasteiger partial charge in [0.25, 0.3) is 0 Å². The highest BCUT2D eigenvalue weighted by Crippen LogP contribution is 2.24. The summed E-state index contributed by atoms with van der Waals surface area (Å²) in [7, 11) is -3.47. The van der Waals surface area contributed by atoms with Gasteiger partial charge in [-0.3, -0.25) is 9.59 Å². The van der Waals surface area contributed by atoms with E-state index in [1.807, 2.05) is 17.5 Å². The standard InChI is InChI=1S/C19H23N3O4S2/c1-14(23)20-17(18-5-4-12-27-18)13-19(24)21-15-6-8-16(9-7-15)28(25,26)22-10-2-3-11-22/h4-9,12,17H,2-3,10-11,13H2,1H3,(H,20,23)(H,21,24)/t17-/m0/s1. The van der Waals surface area contributed by atoms with E-state index in [0.717, 1.165) is 17.7 Å². The largest absolute Gasteiger partial charge is 0.348 e. The molecular weight excluding hydrogens is 398 g/mol. The van der Waals surface area contributed by atoms with Crippen molar-refractivity contribution in [2.45, 2.75) is 37.1 Å². The molecule has 2 aromatic rings. The Morgan fingerprint density at radius 2 is 1.82 bits per heavy atom. The van der Waals surface area contributed by atoms with Crippen molar-refractivity contribution in [1.82, 2.24) is 9.62 Å². The van der Waals surface area contributed by atoms with Gasteiger partial charge in [-0.2, -0.15) is 4.31 Å². The molecule has 0 aliphatic carbocycles. The van der Waals surface area contributed by atoms with Crippen molar-refractivity contribution >= 4 is 38.9 Å². The van der Waals surface area contributed by atoms with Gasteiger partial charge in [0, 0.05) is 30.6 Å². The summed E-state index contributed by atoms with van der Waals surface area (Å²) in [4.78, 5) is 25.0. The predicted molar refractivity (Wildman–Crippen MR) is 109 cm³/mol. The lowest BCUT2D eigenvalue weighted by Crippen LogP contribution is -2.29. The van der Waals surface area contributed by atoms with Gasteiger partial charge in [0.05, 0.1) is 17.4 Å². The van der Waals surface area contributed by atoms with Gasteiger partial charge < -0.3 is 10.6 Å². The van der Waals surface area contributed by atoms with Gasteiger partial charge in [-0.25, -0.2) is 8.42 Å². The number of anilines is 1. The molecule has 0 radical (unpaired) electrons. The van der Waals surface area contributed by atoms with E-state index in [1.165, 1.54) is 34.7 Å². The Hall–Kier alpha value is -2.23. The molecule has 150 valence electrons. The Kier molecular flexibility index (Phi) is 6.48. The molecule has 1 aliphatic heterocycles. The van der Waals surface area contributed by atoms with Crippen LogP contribution in [0.4, 0.5) is 5.69 Å². The van der Waals surface area contributed by atoms with Crippen molar-refractivity contribution in [3.05, 3.63) is 46.7 Å². The maximum atomic E-state index is 12.5. The maximum absolute atomic E-state index is 12.5. The van der Waals surface area contributed by atoms with Crippen LogP contribution in [-0.4, -0.2) is 37.6 Å². The van der Waals surface area contributed by atoms with Gasteiger partial charge in [-0.05, 0) is 48.6 Å². The lowest BCUT2D eigenvalue weighted by Gasteiger charge is -2.17. The van der Waals surface area contributed by atoms with Crippen LogP contribution in [0.25, 0.3) is 0 Å². The number of carbonyl (C=O) groups is 2. The van der Waals surface area contributed by atoms with Crippen LogP contribution in [-0.2, 0) is 19.6 Å². The second-order valence-corrected chi connectivity index (χ2v) is 9.57. The molecule has 0 spiro atoms. The molecule has 9 heteroatoms. The fraction of sp³-hybridized carbons (Fsp3) is 0.368. The van der Waals surface area contributed by atoms with Gasteiger partial charge in [0.2, 0.25) is 21.8 Å². The number of nitrogens with zero attached hydrogens (tertiary/aromatic N) is 1. The van der Waals surface area contributed by atoms with E-state index in [0.29, 0.717) is 18.8 Å². The highest BCUT2D eigenvalue weighted by Gasteiger charge is 2.27. The first-order chi connectivity index (χ1) is 13.4. The molecule has 0 saturated carbocycles. The molecule has 1 aromatic heterocycles. The number of sulfonamides is 1. The third kappa shape index (κ3) is 4.98. The van der Waals surface area contributed by atoms with E-state index in [1.54, 1.807) is 12.1 Å². The lowest BCUT2D eigenvalue weighted by molar-refractivity contribution is -0.120. The number of hydrogen-bond donors (Lipinski definition) is 2. The van der Waals surface area contributed by atoms with Crippen molar-refractivity contribution < 1.29 is 18.0 Å². The quantitative estimate of drug-likeness (QED) is 0.719. The highest BCUT2D eigenvalue weighted by atomic mass is 32.2. The van der Waals surface area contributed by atoms with Crippen molar-refractivity contribution in [3.63, 3.8) is 0 Å². The SMILES string of the molecule is CC(=O)N[C@@H](CC(=O)Nc1ccc(S(=O)(=O)N2CCCC2)cc1)c1cccs1. The zero-order valence-corrected chi connectivity index (χ0v) is 17.2. The average molecular weight is 422 g/mol. The predicted octanol–water partition coefficient (Wildman–Crippen LogP) is 2.74. The second-order valence-electron chi connectivity index (χ2n) is 6.66. The van der Waals surface area contributed by atoms with Crippen LogP contribution in [0.1, 0.15) is 37.1 Å². The summed E-state index contributed by atoms with van der Waals surface area (Å²) in [6.45, 7) is 2.51. The average Bonchev–Trinajstić information content (AvgIpc) is 3.35. The number of nitrogens with one attached hydrogen (secondary N) is 2. The topological polar surface area (TPSA) is 95.6 Å². The fourth-order valence-corrected chi connectivity index (χ4v) is 5.44. The Balaban J connectivity index is 1.64. The Morgan fingerprint density at radius 1 is 1.14 bits per heavy atom. The van der Waals surface area contributed by atoms with Gasteiger partial charge in [0.1, 0.15) is 0 Å². The van der Waals surface area contributed by atoms with Crippen LogP contribution in [0.5, 0.6) is 0 Å². The summed E-state index contributed by atoms with van der Waals surface area (Å²) in [5, 5.41) is 7.44. The van der Waals surface area contributed by atoms with Gasteiger partial charge in [-0.1, -0.05) is 6.07 Å². The molecule has 1 aliphatic rings. The van der Waals surface area contributed by atoms with E-state index < -0.39 is 16.1 Å². The molecule has 0 bridgehead atoms. The molecule has 3 rings (SSSR count). The molecule has 2 heterocycles. The smallest absolute Gasteiger partial charge is 0.243 e. The monoisotopic (exact) mass is 421 g/mol. The summed E-state index contributed by atoms with van der Waals surface area (Å²) < 4.78 is 26.6. The molecule has 2 amide bonds. The molecule has 28 heavy (non-hydrogen) atoms. The number of rotatable bonds is 7. The van der Waals surface area contributed by atoms with E-state index in [9.17, 15) is 18.0 Å². The van der Waals surface area contributed by atoms with Crippen molar-refractivity contribution in [2.24, 2.45) is 0 Å². The number of carbonyl (C=O) groups excluding carboxylic acids is 2. The molecule has 2 N–H and O–H groups in total. The summed E-state index contributed by atoms with van der Waals surface area (Å²) in [5.41, 5.74) is 0.512. The van der Waals surface area contributed by atoms with Gasteiger partial charge >= 0.3 is 0 Å². The summed E-state index contributed by atoms with van der Waals surface area (Å²) in [6, 6.07) is 9.52. The summed E-state index contributed by atoms with van der Waals surface area (Å²) >= 11 is 1.47. The van der Waals surface area contributed by atoms with Crippen LogP contribution < -0.4 is 10.6 Å². The number of amides is 2. The van der Waals surface area contributed by atoms with Crippen molar-refractivity contribution in [2.75, 3.05) is 18.4 Å². The Labute approximate surface area is 168 Å². The van der Waals surface area contributed by atoms with E-state index in [-0.39, 0.29) is 23.1 Å². The summed E-state index contributed by atoms with van der Waals surface area (Å²) in [5.74, 6) is -0.468. The first-order valence-corrected chi connectivity index (χ1v) is 11.4. The highest BCUT2D eigenvalue weighted by molar-refractivity contribution is 7.89. The zero-order valence-electron chi connectivity index (χ0n) is 15.6. The Morgan fingerprint density at radius 3 is 2.39 bits per heavy atom. The van der Waals surface area contributed by atoms with Gasteiger partial charge in [-0.15, -0.1) is 11.3 Å². The minimum Gasteiger partial charge on any atom is -0.348 e. The second kappa shape index (κ2) is 8.85. The van der Waals surface area contributed by atoms with E-state index >= 15 is 0 Å². The summed E-state index contributed by atoms with van der Waals surface area (Å²) in [6.07, 6.45) is 1.86. The normalized spacial score (nSPS) is 15.9. The maximum Gasteiger partial charge on any atom is 0.243 e. The van der Waals surface area contributed by atoms with Crippen molar-refractivity contribution in [3.8, 4) is 0 Å². The van der Waals surface area contributed by atoms with Crippen LogP contribution in [0.15, 0.2) is 46.7 Å². The van der Waals surface area contributed by atoms with Gasteiger partial charge in [0.15, 0.2) is 0 Å². The van der Waals surface area contributed by atoms with Crippen LogP contribution in [0, 0.1) is 0 Å². The number of thiophene rings is 1. The molecule has 0 unspecified atom stereocenters. The Bertz CT molecular complexity index is 919. The van der Waals surface area contributed by atoms with Crippen molar-refractivity contribution in [1.29, 1.82) is 0 Å². The van der Waals surface area contributed by atoms with Crippen LogP contribution >= 0.6 is 11.3 Å². The molecular formula is C19H23N3O4S2. The minimum atomic E-state index is -3.47. The molecule has 1 fully saturated rings. The molecule has 1 saturated heterocycles. The molecule has 7 nitrogen and oxygen atoms in total. The zero-order chi connectivity index (χ0) is 20.1. The molecule has 1 aromatic carbocycles. The van der Waals surface area contributed by atoms with E-state index in [2.05, 4.69) is 10.6 Å². The number of benzene rings is 1. The van der Waals surface area contributed by atoms with Crippen LogP contribution in [0.2, 0.25) is 0 Å². The first kappa shape index (κ1) is 20.5. The first-order valence-electron chi connectivity index (χ1n) is 9.07. The minimum absolute atomic E-state index is 0.0912. The third-order valence-electron chi connectivity index (χ3n) is 4.49. The third-order valence-corrected chi connectivity index (χ3v) is 7.39. The fourth-order valence-electron chi connectivity index (χ4n) is 3.14. The van der Waals surface area contributed by atoms with Crippen LogP contribution in [0.3, 0.4) is 0 Å². The lowest BCUT2D eigenvalue weighted by atomic mass is 10.1. The molecule has 1 atom stereocenters. The van der Waals surface area contributed by atoms with E-state index in [4.69, 9.17) is 0 Å². The number of hydrogen-bond acceptors (Lipinski definition) is 5.